The second-order valence-electron chi connectivity index (χ2n) is 1.94. The third-order valence-electron chi connectivity index (χ3n) is 0.711. The zero-order valence-corrected chi connectivity index (χ0v) is 9.64. The quantitative estimate of drug-likeness (QED) is 0.362. The zero-order chi connectivity index (χ0) is 13.1. The van der Waals surface area contributed by atoms with E-state index >= 15 is 0 Å². The first kappa shape index (κ1) is 20.5. The summed E-state index contributed by atoms with van der Waals surface area (Å²) in [6, 6.07) is 0. The fourth-order valence-electron chi connectivity index (χ4n) is 0.272. The number of rotatable bonds is 4. The number of carbonyl (C=O) groups excluding carboxylic acids is 4. The molecule has 0 aromatic heterocycles. The summed E-state index contributed by atoms with van der Waals surface area (Å²) in [7, 11) is 0. The Labute approximate surface area is 110 Å². The van der Waals surface area contributed by atoms with Gasteiger partial charge in [0.25, 0.3) is 0 Å². The number of carboxylic acid groups (broad SMARTS) is 4. The Morgan fingerprint density at radius 3 is 0.706 bits per heavy atom. The Morgan fingerprint density at radius 2 is 0.647 bits per heavy atom. The average Bonchev–Trinajstić information content (AvgIpc) is 2.12. The monoisotopic (exact) mass is 276 g/mol. The molecule has 0 fully saturated rings. The summed E-state index contributed by atoms with van der Waals surface area (Å²) in [5, 5.41) is 37.7. The molecule has 0 radical (unpaired) electrons. The third-order valence-corrected chi connectivity index (χ3v) is 0.711. The van der Waals surface area contributed by atoms with Crippen molar-refractivity contribution in [3.63, 3.8) is 0 Å². The van der Waals surface area contributed by atoms with E-state index in [2.05, 4.69) is 0 Å². The van der Waals surface area contributed by atoms with Gasteiger partial charge in [-0.25, -0.2) is 0 Å². The predicted octanol–water partition coefficient (Wildman–Crippen LogP) is -5.92. The van der Waals surface area contributed by atoms with Gasteiger partial charge in [-0.1, -0.05) is 0 Å². The molecule has 9 heteroatoms. The van der Waals surface area contributed by atoms with Crippen LogP contribution in [0.4, 0.5) is 0 Å². The van der Waals surface area contributed by atoms with Crippen LogP contribution in [0.15, 0.2) is 24.3 Å². The standard InChI is InChI=1S/2C4H4O4.Ti/c2*5-3(6)1-2-4(7)8;/h2*1-2H,(H,5,6)(H,7,8);/q;;+4/p-4. The molecule has 0 unspecified atom stereocenters. The maximum Gasteiger partial charge on any atom is 4.00 e. The van der Waals surface area contributed by atoms with E-state index < -0.39 is 23.9 Å². The van der Waals surface area contributed by atoms with Crippen LogP contribution >= 0.6 is 0 Å². The molecule has 0 spiro atoms. The van der Waals surface area contributed by atoms with Crippen molar-refractivity contribution < 1.29 is 61.3 Å². The van der Waals surface area contributed by atoms with E-state index in [0.29, 0.717) is 24.3 Å². The van der Waals surface area contributed by atoms with E-state index in [9.17, 15) is 39.6 Å². The number of hydrogen-bond donors (Lipinski definition) is 0. The first-order valence-electron chi connectivity index (χ1n) is 3.45. The van der Waals surface area contributed by atoms with E-state index in [-0.39, 0.29) is 21.7 Å². The topological polar surface area (TPSA) is 161 Å². The van der Waals surface area contributed by atoms with Crippen LogP contribution in [0.3, 0.4) is 0 Å². The molecule has 0 aliphatic carbocycles. The summed E-state index contributed by atoms with van der Waals surface area (Å²) in [6.45, 7) is 0. The molecule has 0 aliphatic rings. The van der Waals surface area contributed by atoms with Crippen molar-refractivity contribution >= 4 is 23.9 Å². The summed E-state index contributed by atoms with van der Waals surface area (Å²) in [5.74, 6) is -6.19. The molecule has 0 aromatic rings. The van der Waals surface area contributed by atoms with E-state index in [1.54, 1.807) is 0 Å². The van der Waals surface area contributed by atoms with Gasteiger partial charge in [0.1, 0.15) is 0 Å². The van der Waals surface area contributed by atoms with Crippen LogP contribution in [0.5, 0.6) is 0 Å². The Kier molecular flexibility index (Phi) is 14.6. The molecule has 0 rings (SSSR count). The van der Waals surface area contributed by atoms with Gasteiger partial charge in [0, 0.05) is 0 Å². The second kappa shape index (κ2) is 12.1. The smallest absolute Gasteiger partial charge is 0.545 e. The molecule has 0 amide bonds. The molecule has 0 heterocycles. The van der Waals surface area contributed by atoms with Gasteiger partial charge < -0.3 is 39.6 Å². The minimum absolute atomic E-state index is 0. The van der Waals surface area contributed by atoms with Crippen LogP contribution in [0.1, 0.15) is 0 Å². The Bertz CT molecular complexity index is 277. The zero-order valence-electron chi connectivity index (χ0n) is 8.08. The van der Waals surface area contributed by atoms with Gasteiger partial charge in [-0.05, 0) is 24.3 Å². The largest absolute Gasteiger partial charge is 4.00 e. The molecular formula is C8H4O8Ti. The van der Waals surface area contributed by atoms with E-state index in [4.69, 9.17) is 0 Å². The summed E-state index contributed by atoms with van der Waals surface area (Å²) in [5.41, 5.74) is 0. The molecule has 0 aromatic carbocycles. The molecule has 0 bridgehead atoms. The van der Waals surface area contributed by atoms with Crippen molar-refractivity contribution in [1.82, 2.24) is 0 Å². The van der Waals surface area contributed by atoms with Gasteiger partial charge in [-0.3, -0.25) is 0 Å². The Morgan fingerprint density at radius 1 is 0.529 bits per heavy atom. The van der Waals surface area contributed by atoms with E-state index in [1.165, 1.54) is 0 Å². The van der Waals surface area contributed by atoms with Gasteiger partial charge in [0.2, 0.25) is 0 Å². The molecule has 0 aliphatic heterocycles. The van der Waals surface area contributed by atoms with Gasteiger partial charge in [-0.15, -0.1) is 0 Å². The summed E-state index contributed by atoms with van der Waals surface area (Å²) in [4.78, 5) is 37.7. The van der Waals surface area contributed by atoms with Crippen LogP contribution in [-0.2, 0) is 40.9 Å². The SMILES string of the molecule is O=C([O-])C=CC(=O)[O-].O=C([O-])C=CC(=O)[O-].[Ti+4]. The Balaban J connectivity index is -0.000000218. The normalized spacial score (nSPS) is 8.94. The first-order valence-corrected chi connectivity index (χ1v) is 3.45. The summed E-state index contributed by atoms with van der Waals surface area (Å²) in [6.07, 6.45) is 1.54. The second-order valence-corrected chi connectivity index (χ2v) is 1.94. The van der Waals surface area contributed by atoms with E-state index in [1.807, 2.05) is 0 Å². The molecule has 88 valence electrons. The molecule has 8 nitrogen and oxygen atoms in total. The van der Waals surface area contributed by atoms with Crippen LogP contribution in [0.2, 0.25) is 0 Å². The van der Waals surface area contributed by atoms with Gasteiger partial charge in [0.05, 0.1) is 23.9 Å². The van der Waals surface area contributed by atoms with Crippen LogP contribution in [-0.4, -0.2) is 23.9 Å². The number of carboxylic acids is 4. The number of carbonyl (C=O) groups is 4. The average molecular weight is 276 g/mol. The number of hydrogen-bond acceptors (Lipinski definition) is 8. The van der Waals surface area contributed by atoms with Crippen molar-refractivity contribution in [1.29, 1.82) is 0 Å². The maximum absolute atomic E-state index is 9.41. The molecule has 0 atom stereocenters. The van der Waals surface area contributed by atoms with Crippen LogP contribution in [0, 0.1) is 0 Å². The fourth-order valence-corrected chi connectivity index (χ4v) is 0.272. The first-order chi connectivity index (χ1) is 7.25. The van der Waals surface area contributed by atoms with Crippen LogP contribution in [0.25, 0.3) is 0 Å². The predicted molar refractivity (Wildman–Crippen MR) is 38.3 cm³/mol. The van der Waals surface area contributed by atoms with Gasteiger partial charge in [-0.2, -0.15) is 0 Å². The molecule has 0 saturated carbocycles. The van der Waals surface area contributed by atoms with Gasteiger partial charge >= 0.3 is 21.7 Å². The minimum atomic E-state index is -1.55. The van der Waals surface area contributed by atoms with Crippen molar-refractivity contribution in [2.75, 3.05) is 0 Å². The minimum Gasteiger partial charge on any atom is -0.545 e. The Hall–Kier alpha value is -1.93. The van der Waals surface area contributed by atoms with Crippen molar-refractivity contribution in [2.45, 2.75) is 0 Å². The third kappa shape index (κ3) is 31.5. The van der Waals surface area contributed by atoms with Crippen molar-refractivity contribution in [3.05, 3.63) is 24.3 Å². The van der Waals surface area contributed by atoms with E-state index in [0.717, 1.165) is 0 Å². The van der Waals surface area contributed by atoms with Crippen LogP contribution < -0.4 is 20.4 Å². The maximum atomic E-state index is 9.41. The van der Waals surface area contributed by atoms with Crippen molar-refractivity contribution in [3.8, 4) is 0 Å². The van der Waals surface area contributed by atoms with Gasteiger partial charge in [0.15, 0.2) is 0 Å². The van der Waals surface area contributed by atoms with Crippen molar-refractivity contribution in [2.24, 2.45) is 0 Å². The molecule has 0 N–H and O–H groups in total. The number of aliphatic carboxylic acids is 4. The molecule has 0 saturated heterocycles. The molecular weight excluding hydrogens is 272 g/mol. The molecule has 17 heavy (non-hydrogen) atoms. The summed E-state index contributed by atoms with van der Waals surface area (Å²) >= 11 is 0. The summed E-state index contributed by atoms with van der Waals surface area (Å²) < 4.78 is 0. The fraction of sp³-hybridized carbons (Fsp3) is 0.